The zero-order valence-electron chi connectivity index (χ0n) is 12.7. The summed E-state index contributed by atoms with van der Waals surface area (Å²) in [6.07, 6.45) is 12.0. The lowest BCUT2D eigenvalue weighted by atomic mass is 10.0. The lowest BCUT2D eigenvalue weighted by Crippen LogP contribution is -2.45. The number of amides is 1. The van der Waals surface area contributed by atoms with Gasteiger partial charge in [0.05, 0.1) is 18.8 Å². The summed E-state index contributed by atoms with van der Waals surface area (Å²) in [5, 5.41) is 8.49. The van der Waals surface area contributed by atoms with Crippen molar-refractivity contribution in [3.63, 3.8) is 0 Å². The van der Waals surface area contributed by atoms with Gasteiger partial charge in [-0.3, -0.25) is 9.48 Å². The van der Waals surface area contributed by atoms with Gasteiger partial charge in [0.1, 0.15) is 5.56 Å². The third kappa shape index (κ3) is 2.58. The largest absolute Gasteiger partial charge is 0.334 e. The summed E-state index contributed by atoms with van der Waals surface area (Å²) < 4.78 is 3.53. The van der Waals surface area contributed by atoms with Gasteiger partial charge in [-0.25, -0.2) is 9.50 Å². The Morgan fingerprint density at radius 1 is 1.17 bits per heavy atom. The van der Waals surface area contributed by atoms with Gasteiger partial charge < -0.3 is 4.90 Å². The molecule has 0 bridgehead atoms. The molecule has 1 aliphatic rings. The van der Waals surface area contributed by atoms with Crippen LogP contribution in [0, 0.1) is 0 Å². The van der Waals surface area contributed by atoms with Gasteiger partial charge in [0.15, 0.2) is 5.65 Å². The second kappa shape index (κ2) is 5.83. The van der Waals surface area contributed by atoms with E-state index in [2.05, 4.69) is 15.2 Å². The molecule has 0 aliphatic carbocycles. The number of hydrogen-bond acceptors (Lipinski definition) is 4. The molecule has 7 heteroatoms. The van der Waals surface area contributed by atoms with Gasteiger partial charge in [0, 0.05) is 31.3 Å². The molecule has 0 spiro atoms. The predicted molar refractivity (Wildman–Crippen MR) is 83.9 cm³/mol. The van der Waals surface area contributed by atoms with Crippen molar-refractivity contribution in [2.75, 3.05) is 6.54 Å². The van der Waals surface area contributed by atoms with E-state index in [1.807, 2.05) is 21.8 Å². The predicted octanol–water partition coefficient (Wildman–Crippen LogP) is 1.62. The van der Waals surface area contributed by atoms with Crippen LogP contribution >= 0.6 is 0 Å². The number of carbonyl (C=O) groups excluding carboxylic acids is 1. The first-order valence-electron chi connectivity index (χ1n) is 7.90. The number of piperidine rings is 1. The van der Waals surface area contributed by atoms with Crippen LogP contribution in [0.3, 0.4) is 0 Å². The normalized spacial score (nSPS) is 18.4. The van der Waals surface area contributed by atoms with E-state index < -0.39 is 0 Å². The number of rotatable bonds is 3. The lowest BCUT2D eigenvalue weighted by molar-refractivity contribution is 0.0585. The van der Waals surface area contributed by atoms with E-state index in [1.54, 1.807) is 35.4 Å². The molecule has 4 rings (SSSR count). The number of fused-ring (bicyclic) bond motifs is 1. The van der Waals surface area contributed by atoms with E-state index in [9.17, 15) is 4.79 Å². The zero-order valence-corrected chi connectivity index (χ0v) is 12.7. The zero-order chi connectivity index (χ0) is 15.6. The monoisotopic (exact) mass is 310 g/mol. The van der Waals surface area contributed by atoms with Crippen molar-refractivity contribution >= 4 is 11.6 Å². The van der Waals surface area contributed by atoms with Gasteiger partial charge in [0.25, 0.3) is 5.91 Å². The number of carbonyl (C=O) groups is 1. The van der Waals surface area contributed by atoms with Crippen molar-refractivity contribution < 1.29 is 4.79 Å². The number of hydrogen-bond donors (Lipinski definition) is 0. The minimum absolute atomic E-state index is 0.00977. The summed E-state index contributed by atoms with van der Waals surface area (Å²) in [6, 6.07) is 3.87. The summed E-state index contributed by atoms with van der Waals surface area (Å²) in [5.41, 5.74) is 1.18. The highest BCUT2D eigenvalue weighted by Crippen LogP contribution is 2.22. The minimum atomic E-state index is 0.00977. The number of likely N-dealkylation sites (tertiary alicyclic amines) is 1. The van der Waals surface area contributed by atoms with Crippen LogP contribution in [-0.4, -0.2) is 47.8 Å². The quantitative estimate of drug-likeness (QED) is 0.737. The van der Waals surface area contributed by atoms with Crippen LogP contribution < -0.4 is 0 Å². The van der Waals surface area contributed by atoms with E-state index in [-0.39, 0.29) is 11.9 Å². The second-order valence-electron chi connectivity index (χ2n) is 5.82. The first-order chi connectivity index (χ1) is 11.3. The van der Waals surface area contributed by atoms with Crippen molar-refractivity contribution in [1.29, 1.82) is 0 Å². The van der Waals surface area contributed by atoms with E-state index in [0.29, 0.717) is 11.2 Å². The topological polar surface area (TPSA) is 68.3 Å². The van der Waals surface area contributed by atoms with Crippen LogP contribution in [0.5, 0.6) is 0 Å². The van der Waals surface area contributed by atoms with Crippen molar-refractivity contribution in [2.24, 2.45) is 0 Å². The molecule has 118 valence electrons. The lowest BCUT2D eigenvalue weighted by Gasteiger charge is -2.35. The standard InChI is InChI=1S/C16H18N6O/c23-16(14-11-19-22-10-3-6-17-15(14)22)21-9-2-1-5-13(21)12-20-8-4-7-18-20/h3-4,6-8,10-11,13H,1-2,5,9,12H2/t13-/m0/s1. The first kappa shape index (κ1) is 13.9. The maximum Gasteiger partial charge on any atom is 0.259 e. The third-order valence-electron chi connectivity index (χ3n) is 4.35. The smallest absolute Gasteiger partial charge is 0.259 e. The van der Waals surface area contributed by atoms with E-state index in [4.69, 9.17) is 0 Å². The average molecular weight is 310 g/mol. The fourth-order valence-corrected chi connectivity index (χ4v) is 3.21. The Kier molecular flexibility index (Phi) is 3.53. The molecule has 1 amide bonds. The van der Waals surface area contributed by atoms with Gasteiger partial charge in [-0.05, 0) is 31.4 Å². The molecule has 23 heavy (non-hydrogen) atoms. The maximum absolute atomic E-state index is 13.0. The average Bonchev–Trinajstić information content (AvgIpc) is 3.24. The van der Waals surface area contributed by atoms with Gasteiger partial charge in [0.2, 0.25) is 0 Å². The molecular formula is C16H18N6O. The summed E-state index contributed by atoms with van der Waals surface area (Å²) in [7, 11) is 0. The Labute approximate surface area is 133 Å². The molecule has 1 atom stereocenters. The Morgan fingerprint density at radius 2 is 2.09 bits per heavy atom. The summed E-state index contributed by atoms with van der Waals surface area (Å²) in [4.78, 5) is 19.3. The molecule has 0 radical (unpaired) electrons. The van der Waals surface area contributed by atoms with Gasteiger partial charge in [-0.15, -0.1) is 0 Å². The van der Waals surface area contributed by atoms with E-state index >= 15 is 0 Å². The van der Waals surface area contributed by atoms with Crippen LogP contribution in [0.1, 0.15) is 29.6 Å². The molecule has 4 heterocycles. The summed E-state index contributed by atoms with van der Waals surface area (Å²) in [6.45, 7) is 1.50. The molecule has 1 fully saturated rings. The van der Waals surface area contributed by atoms with E-state index in [1.165, 1.54) is 0 Å². The van der Waals surface area contributed by atoms with Crippen molar-refractivity contribution in [3.05, 3.63) is 48.7 Å². The molecule has 1 saturated heterocycles. The van der Waals surface area contributed by atoms with Crippen molar-refractivity contribution in [2.45, 2.75) is 31.8 Å². The van der Waals surface area contributed by atoms with Crippen LogP contribution in [-0.2, 0) is 6.54 Å². The Balaban J connectivity index is 1.62. The molecule has 1 aliphatic heterocycles. The van der Waals surface area contributed by atoms with E-state index in [0.717, 1.165) is 32.4 Å². The molecule has 3 aromatic heterocycles. The maximum atomic E-state index is 13.0. The van der Waals surface area contributed by atoms with Gasteiger partial charge in [-0.2, -0.15) is 10.2 Å². The molecule has 0 aromatic carbocycles. The first-order valence-corrected chi connectivity index (χ1v) is 7.90. The van der Waals surface area contributed by atoms with Crippen LogP contribution in [0.25, 0.3) is 5.65 Å². The molecule has 0 unspecified atom stereocenters. The summed E-state index contributed by atoms with van der Waals surface area (Å²) in [5.74, 6) is 0.00977. The Hall–Kier alpha value is -2.70. The molecule has 0 saturated carbocycles. The van der Waals surface area contributed by atoms with Gasteiger partial charge >= 0.3 is 0 Å². The van der Waals surface area contributed by atoms with Crippen LogP contribution in [0.2, 0.25) is 0 Å². The van der Waals surface area contributed by atoms with Crippen LogP contribution in [0.15, 0.2) is 43.1 Å². The number of nitrogens with zero attached hydrogens (tertiary/aromatic N) is 6. The number of aromatic nitrogens is 5. The summed E-state index contributed by atoms with van der Waals surface area (Å²) >= 11 is 0. The molecule has 0 N–H and O–H groups in total. The SMILES string of the molecule is O=C(c1cnn2cccnc12)N1CCCC[C@H]1Cn1cccn1. The Bertz CT molecular complexity index is 809. The Morgan fingerprint density at radius 3 is 2.96 bits per heavy atom. The highest BCUT2D eigenvalue weighted by atomic mass is 16.2. The van der Waals surface area contributed by atoms with Crippen LogP contribution in [0.4, 0.5) is 0 Å². The highest BCUT2D eigenvalue weighted by molar-refractivity contribution is 5.99. The van der Waals surface area contributed by atoms with Gasteiger partial charge in [-0.1, -0.05) is 0 Å². The fraction of sp³-hybridized carbons (Fsp3) is 0.375. The molecular weight excluding hydrogens is 292 g/mol. The second-order valence-corrected chi connectivity index (χ2v) is 5.82. The highest BCUT2D eigenvalue weighted by Gasteiger charge is 2.29. The minimum Gasteiger partial charge on any atom is -0.334 e. The molecule has 3 aromatic rings. The van der Waals surface area contributed by atoms with Crippen molar-refractivity contribution in [3.8, 4) is 0 Å². The third-order valence-corrected chi connectivity index (χ3v) is 4.35. The molecule has 7 nitrogen and oxygen atoms in total. The fourth-order valence-electron chi connectivity index (χ4n) is 3.21. The van der Waals surface area contributed by atoms with Crippen molar-refractivity contribution in [1.82, 2.24) is 29.3 Å².